The third-order valence-corrected chi connectivity index (χ3v) is 5.28. The van der Waals surface area contributed by atoms with Gasteiger partial charge in [-0.15, -0.1) is 0 Å². The van der Waals surface area contributed by atoms with Gasteiger partial charge < -0.3 is 4.90 Å². The summed E-state index contributed by atoms with van der Waals surface area (Å²) in [5.41, 5.74) is 4.12. The summed E-state index contributed by atoms with van der Waals surface area (Å²) >= 11 is 6.22. The molecule has 3 aromatic heterocycles. The van der Waals surface area contributed by atoms with Crippen LogP contribution in [0, 0.1) is 0 Å². The molecule has 0 fully saturated rings. The maximum Gasteiger partial charge on any atom is 0.273 e. The smallest absolute Gasteiger partial charge is 0.273 e. The first-order chi connectivity index (χ1) is 14.7. The number of aromatic nitrogens is 3. The summed E-state index contributed by atoms with van der Waals surface area (Å²) < 4.78 is 1.81. The summed E-state index contributed by atoms with van der Waals surface area (Å²) in [6, 6.07) is 19.5. The minimum atomic E-state index is -0.0543. The van der Waals surface area contributed by atoms with Crippen LogP contribution in [0.5, 0.6) is 0 Å². The second-order valence-corrected chi connectivity index (χ2v) is 7.56. The lowest BCUT2D eigenvalue weighted by Crippen LogP contribution is -2.34. The van der Waals surface area contributed by atoms with Gasteiger partial charge in [-0.3, -0.25) is 14.2 Å². The van der Waals surface area contributed by atoms with E-state index in [2.05, 4.69) is 9.97 Å². The lowest BCUT2D eigenvalue weighted by molar-refractivity contribution is 0.0736. The van der Waals surface area contributed by atoms with Crippen molar-refractivity contribution in [3.8, 4) is 0 Å². The molecule has 0 saturated heterocycles. The molecule has 0 aliphatic carbocycles. The molecule has 0 N–H and O–H groups in total. The molecule has 0 aliphatic heterocycles. The lowest BCUT2D eigenvalue weighted by atomic mass is 10.1. The van der Waals surface area contributed by atoms with Gasteiger partial charge in [-0.25, -0.2) is 4.98 Å². The summed E-state index contributed by atoms with van der Waals surface area (Å²) in [7, 11) is 0. The Morgan fingerprint density at radius 3 is 2.60 bits per heavy atom. The minimum absolute atomic E-state index is 0.0543. The van der Waals surface area contributed by atoms with E-state index in [1.165, 1.54) is 0 Å². The minimum Gasteiger partial charge on any atom is -0.333 e. The van der Waals surface area contributed by atoms with Crippen LogP contribution in [0.3, 0.4) is 0 Å². The van der Waals surface area contributed by atoms with Crippen LogP contribution in [0.2, 0.25) is 5.02 Å². The number of aryl methyl sites for hydroxylation is 1. The average molecular weight is 419 g/mol. The standard InChI is InChI=1S/C24H23ClN4O/c1-2-21-23(29-17-19(25)11-12-22(29)27-21)24(30)28(16-18-8-4-3-5-9-18)15-13-20-10-6-7-14-26-20/h3-12,14,17H,2,13,15-16H2,1H3. The number of nitrogens with zero attached hydrogens (tertiary/aromatic N) is 4. The zero-order valence-electron chi connectivity index (χ0n) is 16.8. The van der Waals surface area contributed by atoms with Crippen LogP contribution < -0.4 is 0 Å². The van der Waals surface area contributed by atoms with Gasteiger partial charge in [-0.2, -0.15) is 0 Å². The number of carbonyl (C=O) groups is 1. The van der Waals surface area contributed by atoms with Crippen LogP contribution in [-0.2, 0) is 19.4 Å². The summed E-state index contributed by atoms with van der Waals surface area (Å²) in [6.45, 7) is 3.08. The highest BCUT2D eigenvalue weighted by Crippen LogP contribution is 2.20. The molecule has 5 nitrogen and oxygen atoms in total. The van der Waals surface area contributed by atoms with E-state index in [-0.39, 0.29) is 5.91 Å². The predicted octanol–water partition coefficient (Wildman–Crippen LogP) is 4.83. The van der Waals surface area contributed by atoms with Crippen LogP contribution in [0.4, 0.5) is 0 Å². The molecule has 0 radical (unpaired) electrons. The fraction of sp³-hybridized carbons (Fsp3) is 0.208. The normalized spacial score (nSPS) is 11.0. The number of hydrogen-bond donors (Lipinski definition) is 0. The van der Waals surface area contributed by atoms with Crippen molar-refractivity contribution in [1.29, 1.82) is 0 Å². The first-order valence-electron chi connectivity index (χ1n) is 10.1. The monoisotopic (exact) mass is 418 g/mol. The fourth-order valence-electron chi connectivity index (χ4n) is 3.54. The highest BCUT2D eigenvalue weighted by atomic mass is 35.5. The Morgan fingerprint density at radius 1 is 1.07 bits per heavy atom. The molecule has 0 spiro atoms. The van der Waals surface area contributed by atoms with E-state index < -0.39 is 0 Å². The van der Waals surface area contributed by atoms with E-state index >= 15 is 0 Å². The Labute approximate surface area is 181 Å². The van der Waals surface area contributed by atoms with Gasteiger partial charge in [0.25, 0.3) is 5.91 Å². The number of hydrogen-bond acceptors (Lipinski definition) is 3. The summed E-state index contributed by atoms with van der Waals surface area (Å²) in [6.07, 6.45) is 4.88. The second-order valence-electron chi connectivity index (χ2n) is 7.12. The maximum absolute atomic E-state index is 13.7. The number of rotatable bonds is 7. The van der Waals surface area contributed by atoms with Gasteiger partial charge in [-0.05, 0) is 36.2 Å². The van der Waals surface area contributed by atoms with E-state index in [9.17, 15) is 4.79 Å². The topological polar surface area (TPSA) is 50.5 Å². The van der Waals surface area contributed by atoms with Crippen LogP contribution in [0.25, 0.3) is 5.65 Å². The number of fused-ring (bicyclic) bond motifs is 1. The predicted molar refractivity (Wildman–Crippen MR) is 119 cm³/mol. The molecule has 1 amide bonds. The number of halogens is 1. The van der Waals surface area contributed by atoms with Crippen molar-refractivity contribution in [2.24, 2.45) is 0 Å². The van der Waals surface area contributed by atoms with Crippen molar-refractivity contribution in [2.45, 2.75) is 26.3 Å². The number of carbonyl (C=O) groups excluding carboxylic acids is 1. The molecule has 0 aliphatic rings. The van der Waals surface area contributed by atoms with Crippen molar-refractivity contribution in [3.05, 3.63) is 101 Å². The van der Waals surface area contributed by atoms with Crippen molar-refractivity contribution in [2.75, 3.05) is 6.54 Å². The Hall–Kier alpha value is -3.18. The molecule has 0 saturated carbocycles. The van der Waals surface area contributed by atoms with E-state index in [1.54, 1.807) is 18.5 Å². The zero-order chi connectivity index (χ0) is 20.9. The third-order valence-electron chi connectivity index (χ3n) is 5.06. The van der Waals surface area contributed by atoms with Gasteiger partial charge in [0.15, 0.2) is 0 Å². The number of pyridine rings is 2. The first-order valence-corrected chi connectivity index (χ1v) is 10.4. The zero-order valence-corrected chi connectivity index (χ0v) is 17.6. The summed E-state index contributed by atoms with van der Waals surface area (Å²) in [5.74, 6) is -0.0543. The Bertz CT molecular complexity index is 1140. The van der Waals surface area contributed by atoms with E-state index in [0.29, 0.717) is 36.6 Å². The van der Waals surface area contributed by atoms with Crippen LogP contribution >= 0.6 is 11.6 Å². The van der Waals surface area contributed by atoms with E-state index in [1.807, 2.05) is 70.8 Å². The molecule has 3 heterocycles. The average Bonchev–Trinajstić information content (AvgIpc) is 3.15. The first kappa shape index (κ1) is 20.1. The number of benzene rings is 1. The molecule has 6 heteroatoms. The quantitative estimate of drug-likeness (QED) is 0.432. The molecule has 4 rings (SSSR count). The van der Waals surface area contributed by atoms with E-state index in [0.717, 1.165) is 22.6 Å². The molecule has 30 heavy (non-hydrogen) atoms. The highest BCUT2D eigenvalue weighted by molar-refractivity contribution is 6.30. The van der Waals surface area contributed by atoms with Crippen molar-refractivity contribution < 1.29 is 4.79 Å². The maximum atomic E-state index is 13.7. The van der Waals surface area contributed by atoms with Gasteiger partial charge in [0.05, 0.1) is 10.7 Å². The van der Waals surface area contributed by atoms with Crippen LogP contribution in [0.15, 0.2) is 73.1 Å². The van der Waals surface area contributed by atoms with Crippen LogP contribution in [0.1, 0.15) is 34.4 Å². The summed E-state index contributed by atoms with van der Waals surface area (Å²) in [5, 5.41) is 0.569. The molecule has 1 aromatic carbocycles. The van der Waals surface area contributed by atoms with E-state index in [4.69, 9.17) is 11.6 Å². The fourth-order valence-corrected chi connectivity index (χ4v) is 3.70. The van der Waals surface area contributed by atoms with Crippen molar-refractivity contribution in [1.82, 2.24) is 19.3 Å². The van der Waals surface area contributed by atoms with Crippen molar-refractivity contribution >= 4 is 23.2 Å². The Kier molecular flexibility index (Phi) is 6.10. The highest BCUT2D eigenvalue weighted by Gasteiger charge is 2.24. The van der Waals surface area contributed by atoms with Gasteiger partial charge in [0, 0.05) is 37.6 Å². The van der Waals surface area contributed by atoms with Gasteiger partial charge >= 0.3 is 0 Å². The molecular weight excluding hydrogens is 396 g/mol. The van der Waals surface area contributed by atoms with Crippen LogP contribution in [-0.4, -0.2) is 31.7 Å². The van der Waals surface area contributed by atoms with Crippen molar-refractivity contribution in [3.63, 3.8) is 0 Å². The molecule has 152 valence electrons. The molecule has 4 aromatic rings. The SMILES string of the molecule is CCc1nc2ccc(Cl)cn2c1C(=O)N(CCc1ccccn1)Cc1ccccc1. The molecule has 0 bridgehead atoms. The van der Waals surface area contributed by atoms with Gasteiger partial charge in [0.2, 0.25) is 0 Å². The van der Waals surface area contributed by atoms with Gasteiger partial charge in [-0.1, -0.05) is 54.9 Å². The summed E-state index contributed by atoms with van der Waals surface area (Å²) in [4.78, 5) is 24.7. The van der Waals surface area contributed by atoms with Gasteiger partial charge in [0.1, 0.15) is 11.3 Å². The molecule has 0 atom stereocenters. The second kappa shape index (κ2) is 9.09. The number of amides is 1. The number of imidazole rings is 1. The molecule has 0 unspecified atom stereocenters. The Morgan fingerprint density at radius 2 is 1.87 bits per heavy atom. The largest absolute Gasteiger partial charge is 0.333 e. The Balaban J connectivity index is 1.69. The molecular formula is C24H23ClN4O. The lowest BCUT2D eigenvalue weighted by Gasteiger charge is -2.23. The third kappa shape index (κ3) is 4.36.